The Kier molecular flexibility index (Phi) is 4.61. The van der Waals surface area contributed by atoms with Crippen LogP contribution in [0.3, 0.4) is 0 Å². The van der Waals surface area contributed by atoms with E-state index in [1.54, 1.807) is 41.5 Å². The number of carbonyl (C=O) groups is 2. The molecule has 0 saturated carbocycles. The molecule has 0 radical (unpaired) electrons. The van der Waals surface area contributed by atoms with Crippen LogP contribution >= 0.6 is 0 Å². The maximum Gasteiger partial charge on any atom is 0.407 e. The fourth-order valence-corrected chi connectivity index (χ4v) is 1.45. The third-order valence-corrected chi connectivity index (χ3v) is 2.23. The van der Waals surface area contributed by atoms with E-state index in [0.717, 1.165) is 0 Å². The summed E-state index contributed by atoms with van der Waals surface area (Å²) in [6, 6.07) is 5.77. The summed E-state index contributed by atoms with van der Waals surface area (Å²) in [5.41, 5.74) is -0.828. The molecule has 0 unspecified atom stereocenters. The standard InChI is InChI=1S/C17H25NO4/c1-16(2,3)21-14(19)13-9-7-12(8-10-13)11-18-15(20)22-17(4,5)6/h7-10H,11H2,1-6H3,(H,18,20)/i11D2. The molecule has 0 aromatic heterocycles. The summed E-state index contributed by atoms with van der Waals surface area (Å²) in [5, 5.41) is 2.17. The van der Waals surface area contributed by atoms with Crippen LogP contribution in [0.25, 0.3) is 0 Å². The maximum absolute atomic E-state index is 12.0. The number of rotatable bonds is 3. The highest BCUT2D eigenvalue weighted by molar-refractivity contribution is 5.89. The summed E-state index contributed by atoms with van der Waals surface area (Å²) < 4.78 is 26.2. The summed E-state index contributed by atoms with van der Waals surface area (Å²) in [7, 11) is 0. The summed E-state index contributed by atoms with van der Waals surface area (Å²) in [6.07, 6.45) is -0.858. The summed E-state index contributed by atoms with van der Waals surface area (Å²) in [6.45, 7) is 8.25. The number of amides is 1. The predicted octanol–water partition coefficient (Wildman–Crippen LogP) is 3.67. The van der Waals surface area contributed by atoms with E-state index in [2.05, 4.69) is 5.32 Å². The summed E-state index contributed by atoms with van der Waals surface area (Å²) in [4.78, 5) is 23.7. The minimum Gasteiger partial charge on any atom is -0.456 e. The van der Waals surface area contributed by atoms with Gasteiger partial charge in [-0.1, -0.05) is 12.1 Å². The van der Waals surface area contributed by atoms with Gasteiger partial charge in [0.15, 0.2) is 0 Å². The lowest BCUT2D eigenvalue weighted by atomic mass is 10.1. The molecule has 1 amide bonds. The molecule has 5 heteroatoms. The van der Waals surface area contributed by atoms with Crippen LogP contribution in [-0.2, 0) is 16.0 Å². The largest absolute Gasteiger partial charge is 0.456 e. The highest BCUT2D eigenvalue weighted by atomic mass is 16.6. The molecule has 1 N–H and O–H groups in total. The van der Waals surface area contributed by atoms with Gasteiger partial charge in [0.25, 0.3) is 0 Å². The molecule has 0 aliphatic carbocycles. The smallest absolute Gasteiger partial charge is 0.407 e. The molecule has 0 saturated heterocycles. The van der Waals surface area contributed by atoms with Crippen molar-refractivity contribution < 1.29 is 21.8 Å². The van der Waals surface area contributed by atoms with Crippen molar-refractivity contribution in [2.24, 2.45) is 0 Å². The van der Waals surface area contributed by atoms with E-state index in [4.69, 9.17) is 12.2 Å². The molecule has 1 rings (SSSR count). The molecule has 1 aromatic carbocycles. The van der Waals surface area contributed by atoms with E-state index < -0.39 is 29.8 Å². The fourth-order valence-electron chi connectivity index (χ4n) is 1.45. The van der Waals surface area contributed by atoms with Crippen molar-refractivity contribution in [1.29, 1.82) is 0 Å². The molecule has 122 valence electrons. The molecule has 22 heavy (non-hydrogen) atoms. The fraction of sp³-hybridized carbons (Fsp3) is 0.529. The minimum absolute atomic E-state index is 0.195. The van der Waals surface area contributed by atoms with Gasteiger partial charge in [0.05, 0.1) is 8.30 Å². The first kappa shape index (κ1) is 14.9. The Hall–Kier alpha value is -2.04. The molecular weight excluding hydrogens is 282 g/mol. The predicted molar refractivity (Wildman–Crippen MR) is 84.7 cm³/mol. The number of alkyl carbamates (subject to hydrolysis) is 1. The third-order valence-electron chi connectivity index (χ3n) is 2.23. The monoisotopic (exact) mass is 309 g/mol. The van der Waals surface area contributed by atoms with Crippen molar-refractivity contribution in [2.75, 3.05) is 0 Å². The second-order valence-corrected chi connectivity index (χ2v) is 6.83. The first-order valence-corrected chi connectivity index (χ1v) is 7.05. The second kappa shape index (κ2) is 6.81. The number of ether oxygens (including phenoxy) is 2. The van der Waals surface area contributed by atoms with E-state index in [1.165, 1.54) is 24.3 Å². The summed E-state index contributed by atoms with van der Waals surface area (Å²) >= 11 is 0. The molecule has 0 heterocycles. The SMILES string of the molecule is [2H]C([2H])(NC(=O)OC(C)(C)C)c1ccc(C(=O)OC(C)(C)C)cc1. The van der Waals surface area contributed by atoms with Gasteiger partial charge in [0, 0.05) is 6.50 Å². The van der Waals surface area contributed by atoms with Gasteiger partial charge in [0.2, 0.25) is 0 Å². The van der Waals surface area contributed by atoms with Crippen molar-refractivity contribution >= 4 is 12.1 Å². The quantitative estimate of drug-likeness (QED) is 0.865. The van der Waals surface area contributed by atoms with Crippen molar-refractivity contribution in [3.8, 4) is 0 Å². The number of nitrogens with one attached hydrogen (secondary N) is 1. The van der Waals surface area contributed by atoms with Gasteiger partial charge < -0.3 is 14.8 Å². The van der Waals surface area contributed by atoms with E-state index in [0.29, 0.717) is 5.56 Å². The van der Waals surface area contributed by atoms with Crippen LogP contribution in [0.5, 0.6) is 0 Å². The zero-order valence-electron chi connectivity index (χ0n) is 15.9. The van der Waals surface area contributed by atoms with Crippen LogP contribution in [0, 0.1) is 0 Å². The van der Waals surface area contributed by atoms with E-state index in [-0.39, 0.29) is 5.56 Å². The zero-order valence-corrected chi connectivity index (χ0v) is 13.9. The lowest BCUT2D eigenvalue weighted by Gasteiger charge is -2.20. The molecule has 5 nitrogen and oxygen atoms in total. The van der Waals surface area contributed by atoms with Crippen LogP contribution in [-0.4, -0.2) is 23.3 Å². The molecule has 0 fully saturated rings. The molecule has 0 atom stereocenters. The minimum atomic E-state index is -2.13. The third kappa shape index (κ3) is 7.11. The molecular formula is C17H25NO4. The second-order valence-electron chi connectivity index (χ2n) is 6.83. The molecule has 1 aromatic rings. The zero-order chi connectivity index (χ0) is 18.8. The Morgan fingerprint density at radius 1 is 1.00 bits per heavy atom. The number of hydrogen-bond acceptors (Lipinski definition) is 4. The van der Waals surface area contributed by atoms with E-state index >= 15 is 0 Å². The van der Waals surface area contributed by atoms with Gasteiger partial charge in [-0.25, -0.2) is 9.59 Å². The van der Waals surface area contributed by atoms with Gasteiger partial charge in [-0.2, -0.15) is 0 Å². The van der Waals surface area contributed by atoms with Crippen molar-refractivity contribution in [3.63, 3.8) is 0 Å². The maximum atomic E-state index is 12.0. The van der Waals surface area contributed by atoms with Gasteiger partial charge in [-0.3, -0.25) is 0 Å². The molecule has 0 aliphatic rings. The lowest BCUT2D eigenvalue weighted by Crippen LogP contribution is -2.32. The lowest BCUT2D eigenvalue weighted by molar-refractivity contribution is 0.00691. The Morgan fingerprint density at radius 3 is 1.95 bits per heavy atom. The highest BCUT2D eigenvalue weighted by Gasteiger charge is 2.18. The average molecular weight is 309 g/mol. The van der Waals surface area contributed by atoms with Gasteiger partial charge >= 0.3 is 12.1 Å². The normalized spacial score (nSPS) is 13.7. The van der Waals surface area contributed by atoms with E-state index in [1.807, 2.05) is 0 Å². The van der Waals surface area contributed by atoms with Crippen LogP contribution in [0.1, 0.15) is 60.2 Å². The van der Waals surface area contributed by atoms with Gasteiger partial charge in [0.1, 0.15) is 11.2 Å². The number of benzene rings is 1. The first-order valence-electron chi connectivity index (χ1n) is 8.05. The number of esters is 1. The average Bonchev–Trinajstić information content (AvgIpc) is 2.33. The Morgan fingerprint density at radius 2 is 1.50 bits per heavy atom. The van der Waals surface area contributed by atoms with Gasteiger partial charge in [-0.05, 0) is 59.2 Å². The van der Waals surface area contributed by atoms with Crippen LogP contribution < -0.4 is 5.32 Å². The Balaban J connectivity index is 2.83. The highest BCUT2D eigenvalue weighted by Crippen LogP contribution is 2.13. The summed E-state index contributed by atoms with van der Waals surface area (Å²) in [5.74, 6) is -0.491. The van der Waals surface area contributed by atoms with Gasteiger partial charge in [-0.15, -0.1) is 0 Å². The van der Waals surface area contributed by atoms with Crippen molar-refractivity contribution in [3.05, 3.63) is 35.4 Å². The van der Waals surface area contributed by atoms with Crippen molar-refractivity contribution in [1.82, 2.24) is 5.32 Å². The first-order chi connectivity index (χ1) is 10.7. The van der Waals surface area contributed by atoms with Crippen molar-refractivity contribution in [2.45, 2.75) is 59.2 Å². The Bertz CT molecular complexity index is 599. The number of carbonyl (C=O) groups excluding carboxylic acids is 2. The van der Waals surface area contributed by atoms with E-state index in [9.17, 15) is 9.59 Å². The Labute approximate surface area is 134 Å². The van der Waals surface area contributed by atoms with Crippen LogP contribution in [0.4, 0.5) is 4.79 Å². The van der Waals surface area contributed by atoms with Crippen LogP contribution in [0.2, 0.25) is 0 Å². The number of hydrogen-bond donors (Lipinski definition) is 1. The van der Waals surface area contributed by atoms with Crippen LogP contribution in [0.15, 0.2) is 24.3 Å². The molecule has 0 bridgehead atoms. The topological polar surface area (TPSA) is 64.6 Å². The molecule has 0 spiro atoms. The molecule has 0 aliphatic heterocycles.